The van der Waals surface area contributed by atoms with E-state index in [1.165, 1.54) is 15.2 Å². The topological polar surface area (TPSA) is 101 Å². The molecule has 0 saturated heterocycles. The molecule has 0 aliphatic carbocycles. The van der Waals surface area contributed by atoms with Crippen molar-refractivity contribution in [1.82, 2.24) is 14.1 Å². The number of nitrogens with zero attached hydrogens (tertiary/aromatic N) is 3. The Balaban J connectivity index is 3.12. The van der Waals surface area contributed by atoms with Gasteiger partial charge in [0, 0.05) is 25.8 Å². The molecular weight excluding hydrogens is 256 g/mol. The van der Waals surface area contributed by atoms with Crippen LogP contribution in [-0.2, 0) is 16.6 Å². The first kappa shape index (κ1) is 14.9. The minimum atomic E-state index is -3.68. The molecule has 0 fully saturated rings. The first-order chi connectivity index (χ1) is 8.47. The monoisotopic (exact) mass is 276 g/mol. The summed E-state index contributed by atoms with van der Waals surface area (Å²) in [5.74, 6) is -0.00380. The Morgan fingerprint density at radius 3 is 2.56 bits per heavy atom. The smallest absolute Gasteiger partial charge is 0.248 e. The summed E-state index contributed by atoms with van der Waals surface area (Å²) in [5, 5.41) is 12.9. The number of nitrogen functional groups attached to an aromatic ring is 1. The predicted molar refractivity (Wildman–Crippen MR) is 68.4 cm³/mol. The van der Waals surface area contributed by atoms with Crippen molar-refractivity contribution in [3.63, 3.8) is 0 Å². The lowest BCUT2D eigenvalue weighted by Crippen LogP contribution is -2.34. The number of hydrogen-bond donors (Lipinski definition) is 2. The molecule has 1 rings (SSSR count). The molecule has 0 bridgehead atoms. The molecule has 0 aliphatic heterocycles. The van der Waals surface area contributed by atoms with Gasteiger partial charge in [-0.05, 0) is 13.3 Å². The second kappa shape index (κ2) is 6.17. The third kappa shape index (κ3) is 3.01. The Bertz CT molecular complexity index is 477. The average molecular weight is 276 g/mol. The van der Waals surface area contributed by atoms with Gasteiger partial charge in [-0.25, -0.2) is 8.42 Å². The van der Waals surface area contributed by atoms with Crippen molar-refractivity contribution >= 4 is 15.8 Å². The summed E-state index contributed by atoms with van der Waals surface area (Å²) in [7, 11) is -3.68. The van der Waals surface area contributed by atoms with Crippen molar-refractivity contribution in [3.8, 4) is 0 Å². The minimum Gasteiger partial charge on any atom is -0.395 e. The quantitative estimate of drug-likeness (QED) is 0.723. The number of rotatable bonds is 7. The van der Waals surface area contributed by atoms with Crippen molar-refractivity contribution in [2.75, 3.05) is 25.4 Å². The van der Waals surface area contributed by atoms with Crippen LogP contribution in [0.25, 0.3) is 0 Å². The third-order valence-electron chi connectivity index (χ3n) is 2.52. The van der Waals surface area contributed by atoms with Crippen LogP contribution in [0.3, 0.4) is 0 Å². The summed E-state index contributed by atoms with van der Waals surface area (Å²) in [6.07, 6.45) is 2.09. The number of aryl methyl sites for hydroxylation is 1. The Labute approximate surface area is 107 Å². The molecule has 0 aromatic carbocycles. The summed E-state index contributed by atoms with van der Waals surface area (Å²) in [6, 6.07) is 0. The molecule has 0 aliphatic rings. The van der Waals surface area contributed by atoms with Gasteiger partial charge in [0.05, 0.1) is 6.61 Å². The predicted octanol–water partition coefficient (Wildman–Crippen LogP) is -0.122. The molecule has 18 heavy (non-hydrogen) atoms. The molecule has 0 radical (unpaired) electrons. The van der Waals surface area contributed by atoms with Gasteiger partial charge in [0.15, 0.2) is 5.82 Å². The SMILES string of the molecule is CCCN(CCO)S(=O)(=O)c1cn(CC)nc1N. The molecule has 0 unspecified atom stereocenters. The highest BCUT2D eigenvalue weighted by Crippen LogP contribution is 2.21. The van der Waals surface area contributed by atoms with E-state index in [-0.39, 0.29) is 23.9 Å². The molecule has 1 aromatic rings. The standard InChI is InChI=1S/C10H20N4O3S/c1-3-5-14(6-7-15)18(16,17)9-8-13(4-2)12-10(9)11/h8,15H,3-7H2,1-2H3,(H2,11,12). The van der Waals surface area contributed by atoms with Crippen LogP contribution in [0, 0.1) is 0 Å². The highest BCUT2D eigenvalue weighted by atomic mass is 32.2. The van der Waals surface area contributed by atoms with Gasteiger partial charge >= 0.3 is 0 Å². The van der Waals surface area contributed by atoms with Gasteiger partial charge in [0.25, 0.3) is 0 Å². The van der Waals surface area contributed by atoms with Gasteiger partial charge in [-0.2, -0.15) is 9.40 Å². The molecule has 1 heterocycles. The molecule has 8 heteroatoms. The van der Waals surface area contributed by atoms with Gasteiger partial charge in [-0.15, -0.1) is 0 Å². The zero-order chi connectivity index (χ0) is 13.8. The van der Waals surface area contributed by atoms with Crippen molar-refractivity contribution < 1.29 is 13.5 Å². The van der Waals surface area contributed by atoms with E-state index in [1.807, 2.05) is 13.8 Å². The molecule has 0 amide bonds. The van der Waals surface area contributed by atoms with Crippen LogP contribution in [0.15, 0.2) is 11.1 Å². The second-order valence-corrected chi connectivity index (χ2v) is 5.77. The highest BCUT2D eigenvalue weighted by molar-refractivity contribution is 7.89. The van der Waals surface area contributed by atoms with Crippen LogP contribution in [0.5, 0.6) is 0 Å². The molecule has 104 valence electrons. The van der Waals surface area contributed by atoms with Crippen molar-refractivity contribution in [2.45, 2.75) is 31.7 Å². The summed E-state index contributed by atoms with van der Waals surface area (Å²) >= 11 is 0. The van der Waals surface area contributed by atoms with E-state index in [0.717, 1.165) is 0 Å². The molecule has 3 N–H and O–H groups in total. The minimum absolute atomic E-state index is 0.00380. The van der Waals surface area contributed by atoms with E-state index in [4.69, 9.17) is 10.8 Å². The molecule has 1 aromatic heterocycles. The second-order valence-electron chi connectivity index (χ2n) is 3.86. The van der Waals surface area contributed by atoms with Crippen LogP contribution >= 0.6 is 0 Å². The number of nitrogens with two attached hydrogens (primary N) is 1. The van der Waals surface area contributed by atoms with Crippen LogP contribution < -0.4 is 5.73 Å². The zero-order valence-corrected chi connectivity index (χ0v) is 11.5. The highest BCUT2D eigenvalue weighted by Gasteiger charge is 2.27. The van der Waals surface area contributed by atoms with E-state index >= 15 is 0 Å². The van der Waals surface area contributed by atoms with E-state index in [9.17, 15) is 8.42 Å². The maximum Gasteiger partial charge on any atom is 0.248 e. The van der Waals surface area contributed by atoms with Crippen molar-refractivity contribution in [2.24, 2.45) is 0 Å². The fourth-order valence-corrected chi connectivity index (χ4v) is 3.21. The number of sulfonamides is 1. The Morgan fingerprint density at radius 1 is 1.44 bits per heavy atom. The average Bonchev–Trinajstić information content (AvgIpc) is 2.71. The van der Waals surface area contributed by atoms with E-state index in [1.54, 1.807) is 0 Å². The maximum absolute atomic E-state index is 12.3. The Kier molecular flexibility index (Phi) is 5.12. The molecule has 7 nitrogen and oxygen atoms in total. The lowest BCUT2D eigenvalue weighted by molar-refractivity contribution is 0.253. The largest absolute Gasteiger partial charge is 0.395 e. The van der Waals surface area contributed by atoms with E-state index < -0.39 is 10.0 Å². The van der Waals surface area contributed by atoms with Crippen molar-refractivity contribution in [3.05, 3.63) is 6.20 Å². The van der Waals surface area contributed by atoms with Crippen LogP contribution in [0.1, 0.15) is 20.3 Å². The first-order valence-electron chi connectivity index (χ1n) is 5.91. The Morgan fingerprint density at radius 2 is 2.11 bits per heavy atom. The van der Waals surface area contributed by atoms with Crippen LogP contribution in [-0.4, -0.2) is 47.3 Å². The summed E-state index contributed by atoms with van der Waals surface area (Å²) < 4.78 is 27.4. The number of aliphatic hydroxyl groups excluding tert-OH is 1. The normalized spacial score (nSPS) is 12.2. The van der Waals surface area contributed by atoms with Gasteiger partial charge in [0.1, 0.15) is 4.90 Å². The summed E-state index contributed by atoms with van der Waals surface area (Å²) in [5.41, 5.74) is 5.63. The number of hydrogen-bond acceptors (Lipinski definition) is 5. The number of aromatic nitrogens is 2. The molecule has 0 spiro atoms. The Hall–Kier alpha value is -1.12. The van der Waals surface area contributed by atoms with Crippen LogP contribution in [0.4, 0.5) is 5.82 Å². The molecule has 0 saturated carbocycles. The maximum atomic E-state index is 12.3. The third-order valence-corrected chi connectivity index (χ3v) is 4.43. The first-order valence-corrected chi connectivity index (χ1v) is 7.35. The fourth-order valence-electron chi connectivity index (χ4n) is 1.63. The van der Waals surface area contributed by atoms with Gasteiger partial charge in [0.2, 0.25) is 10.0 Å². The lowest BCUT2D eigenvalue weighted by atomic mass is 10.5. The van der Waals surface area contributed by atoms with E-state index in [2.05, 4.69) is 5.10 Å². The van der Waals surface area contributed by atoms with E-state index in [0.29, 0.717) is 19.5 Å². The van der Waals surface area contributed by atoms with Gasteiger partial charge in [-0.3, -0.25) is 4.68 Å². The van der Waals surface area contributed by atoms with Gasteiger partial charge < -0.3 is 10.8 Å². The molecule has 0 atom stereocenters. The summed E-state index contributed by atoms with van der Waals surface area (Å²) in [6.45, 7) is 4.46. The fraction of sp³-hybridized carbons (Fsp3) is 0.700. The number of anilines is 1. The molecular formula is C10H20N4O3S. The number of aliphatic hydroxyl groups is 1. The summed E-state index contributed by atoms with van der Waals surface area (Å²) in [4.78, 5) is 0.00579. The van der Waals surface area contributed by atoms with Crippen LogP contribution in [0.2, 0.25) is 0 Å². The lowest BCUT2D eigenvalue weighted by Gasteiger charge is -2.19. The zero-order valence-electron chi connectivity index (χ0n) is 10.7. The van der Waals surface area contributed by atoms with Gasteiger partial charge in [-0.1, -0.05) is 6.92 Å². The van der Waals surface area contributed by atoms with Crippen molar-refractivity contribution in [1.29, 1.82) is 0 Å².